The summed E-state index contributed by atoms with van der Waals surface area (Å²) in [6.07, 6.45) is 1.59. The van der Waals surface area contributed by atoms with Gasteiger partial charge in [0.15, 0.2) is 0 Å². The van der Waals surface area contributed by atoms with E-state index in [1.165, 1.54) is 9.21 Å². The van der Waals surface area contributed by atoms with E-state index in [0.717, 1.165) is 17.4 Å². The predicted octanol–water partition coefficient (Wildman–Crippen LogP) is 3.10. The van der Waals surface area contributed by atoms with Crippen molar-refractivity contribution in [2.24, 2.45) is 0 Å². The summed E-state index contributed by atoms with van der Waals surface area (Å²) in [5.41, 5.74) is 2.30. The molecule has 34 heavy (non-hydrogen) atoms. The summed E-state index contributed by atoms with van der Waals surface area (Å²) in [7, 11) is -1.94. The summed E-state index contributed by atoms with van der Waals surface area (Å²) in [6, 6.07) is 13.9. The van der Waals surface area contributed by atoms with Crippen molar-refractivity contribution < 1.29 is 22.7 Å². The van der Waals surface area contributed by atoms with Gasteiger partial charge in [-0.05, 0) is 56.5 Å². The van der Waals surface area contributed by atoms with Crippen LogP contribution < -0.4 is 14.4 Å². The van der Waals surface area contributed by atoms with E-state index < -0.39 is 16.1 Å². The Morgan fingerprint density at radius 3 is 2.29 bits per heavy atom. The van der Waals surface area contributed by atoms with Crippen LogP contribution in [0.2, 0.25) is 0 Å². The number of sulfonamides is 1. The van der Waals surface area contributed by atoms with Crippen LogP contribution in [0.4, 0.5) is 5.69 Å². The largest absolute Gasteiger partial charge is 0.497 e. The number of anilines is 1. The zero-order valence-corrected chi connectivity index (χ0v) is 21.4. The molecule has 0 aromatic heterocycles. The van der Waals surface area contributed by atoms with Gasteiger partial charge in [-0.3, -0.25) is 13.9 Å². The molecule has 0 aliphatic rings. The van der Waals surface area contributed by atoms with Crippen LogP contribution in [0, 0.1) is 6.92 Å². The summed E-state index contributed by atoms with van der Waals surface area (Å²) >= 11 is 0. The summed E-state index contributed by atoms with van der Waals surface area (Å²) in [4.78, 5) is 27.2. The van der Waals surface area contributed by atoms with Crippen molar-refractivity contribution in [3.05, 3.63) is 59.7 Å². The topological polar surface area (TPSA) is 96.0 Å². The monoisotopic (exact) mass is 489 g/mol. The lowest BCUT2D eigenvalue weighted by atomic mass is 10.1. The molecule has 8 nitrogen and oxygen atoms in total. The Labute approximate surface area is 202 Å². The lowest BCUT2D eigenvalue weighted by molar-refractivity contribution is -0.140. The number of hydrogen-bond donors (Lipinski definition) is 1. The number of rotatable bonds is 12. The SMILES string of the molecule is CCNC(=O)C(C)N(Cc1ccc(OC)cc1)C(=O)CCCN(c1ccccc1C)S(C)(=O)=O. The molecule has 1 atom stereocenters. The maximum atomic E-state index is 13.2. The molecule has 9 heteroatoms. The van der Waals surface area contributed by atoms with E-state index in [1.54, 1.807) is 38.3 Å². The average molecular weight is 490 g/mol. The van der Waals surface area contributed by atoms with Crippen molar-refractivity contribution in [3.8, 4) is 5.75 Å². The first-order chi connectivity index (χ1) is 16.1. The third kappa shape index (κ3) is 7.48. The lowest BCUT2D eigenvalue weighted by Crippen LogP contribution is -2.47. The Kier molecular flexibility index (Phi) is 9.92. The first kappa shape index (κ1) is 27.2. The minimum atomic E-state index is -3.52. The number of carbonyl (C=O) groups is 2. The standard InChI is InChI=1S/C25H35N3O5S/c1-6-26-25(30)20(3)27(18-21-13-15-22(33-4)16-14-21)24(29)12-9-17-28(34(5,31)32)23-11-8-7-10-19(23)2/h7-8,10-11,13-16,20H,6,9,12,17-18H2,1-5H3,(H,26,30). The van der Waals surface area contributed by atoms with Gasteiger partial charge in [0.2, 0.25) is 21.8 Å². The van der Waals surface area contributed by atoms with Crippen LogP contribution in [-0.4, -0.2) is 57.6 Å². The molecule has 0 aliphatic heterocycles. The van der Waals surface area contributed by atoms with E-state index in [2.05, 4.69) is 5.32 Å². The van der Waals surface area contributed by atoms with Crippen LogP contribution in [0.3, 0.4) is 0 Å². The van der Waals surface area contributed by atoms with E-state index in [-0.39, 0.29) is 31.3 Å². The van der Waals surface area contributed by atoms with Crippen molar-refractivity contribution in [2.45, 2.75) is 46.2 Å². The fourth-order valence-corrected chi connectivity index (χ4v) is 4.68. The average Bonchev–Trinajstić information content (AvgIpc) is 2.80. The van der Waals surface area contributed by atoms with Gasteiger partial charge in [0.25, 0.3) is 0 Å². The highest BCUT2D eigenvalue weighted by atomic mass is 32.2. The number of hydrogen-bond acceptors (Lipinski definition) is 5. The van der Waals surface area contributed by atoms with Gasteiger partial charge in [-0.2, -0.15) is 0 Å². The molecule has 0 spiro atoms. The van der Waals surface area contributed by atoms with E-state index in [0.29, 0.717) is 24.4 Å². The Morgan fingerprint density at radius 1 is 1.09 bits per heavy atom. The zero-order chi connectivity index (χ0) is 25.3. The maximum Gasteiger partial charge on any atom is 0.242 e. The fourth-order valence-electron chi connectivity index (χ4n) is 3.66. The quantitative estimate of drug-likeness (QED) is 0.494. The van der Waals surface area contributed by atoms with Gasteiger partial charge < -0.3 is 15.0 Å². The third-order valence-electron chi connectivity index (χ3n) is 5.57. The number of nitrogens with one attached hydrogen (secondary N) is 1. The molecule has 2 aromatic rings. The second-order valence-corrected chi connectivity index (χ2v) is 10.1. The van der Waals surface area contributed by atoms with E-state index in [4.69, 9.17) is 4.74 Å². The molecule has 0 bridgehead atoms. The van der Waals surface area contributed by atoms with Gasteiger partial charge in [0.05, 0.1) is 19.1 Å². The third-order valence-corrected chi connectivity index (χ3v) is 6.75. The van der Waals surface area contributed by atoms with E-state index in [1.807, 2.05) is 38.1 Å². The Bertz CT molecular complexity index is 1070. The molecule has 0 fully saturated rings. The van der Waals surface area contributed by atoms with Crippen LogP contribution in [0.5, 0.6) is 5.75 Å². The molecule has 186 valence electrons. The van der Waals surface area contributed by atoms with E-state index >= 15 is 0 Å². The van der Waals surface area contributed by atoms with Crippen LogP contribution in [0.15, 0.2) is 48.5 Å². The number of nitrogens with zero attached hydrogens (tertiary/aromatic N) is 2. The highest BCUT2D eigenvalue weighted by Crippen LogP contribution is 2.23. The number of aryl methyl sites for hydroxylation is 1. The minimum Gasteiger partial charge on any atom is -0.497 e. The molecule has 1 unspecified atom stereocenters. The highest BCUT2D eigenvalue weighted by Gasteiger charge is 2.26. The number of ether oxygens (including phenoxy) is 1. The zero-order valence-electron chi connectivity index (χ0n) is 20.6. The van der Waals surface area contributed by atoms with Gasteiger partial charge >= 0.3 is 0 Å². The van der Waals surface area contributed by atoms with Gasteiger partial charge in [-0.15, -0.1) is 0 Å². The van der Waals surface area contributed by atoms with Crippen molar-refractivity contribution >= 4 is 27.5 Å². The molecule has 0 heterocycles. The molecule has 0 saturated heterocycles. The summed E-state index contributed by atoms with van der Waals surface area (Å²) in [6.45, 7) is 6.26. The van der Waals surface area contributed by atoms with Crippen molar-refractivity contribution in [2.75, 3.05) is 30.8 Å². The van der Waals surface area contributed by atoms with Crippen molar-refractivity contribution in [3.63, 3.8) is 0 Å². The highest BCUT2D eigenvalue weighted by molar-refractivity contribution is 7.92. The second kappa shape index (κ2) is 12.4. The fraction of sp³-hybridized carbons (Fsp3) is 0.440. The Hall–Kier alpha value is -3.07. The minimum absolute atomic E-state index is 0.109. The van der Waals surface area contributed by atoms with Gasteiger partial charge in [-0.25, -0.2) is 8.42 Å². The van der Waals surface area contributed by atoms with Crippen LogP contribution in [0.25, 0.3) is 0 Å². The van der Waals surface area contributed by atoms with Gasteiger partial charge in [0, 0.05) is 26.1 Å². The number of amides is 2. The molecular weight excluding hydrogens is 454 g/mol. The Balaban J connectivity index is 2.16. The first-order valence-corrected chi connectivity index (χ1v) is 13.2. The number of carbonyl (C=O) groups excluding carboxylic acids is 2. The van der Waals surface area contributed by atoms with Crippen molar-refractivity contribution in [1.82, 2.24) is 10.2 Å². The molecular formula is C25H35N3O5S. The van der Waals surface area contributed by atoms with E-state index in [9.17, 15) is 18.0 Å². The molecule has 1 N–H and O–H groups in total. The number of benzene rings is 2. The molecule has 0 radical (unpaired) electrons. The second-order valence-electron chi connectivity index (χ2n) is 8.17. The predicted molar refractivity (Wildman–Crippen MR) is 134 cm³/mol. The summed E-state index contributed by atoms with van der Waals surface area (Å²) in [5, 5.41) is 2.77. The number of methoxy groups -OCH3 is 1. The van der Waals surface area contributed by atoms with Gasteiger partial charge in [-0.1, -0.05) is 30.3 Å². The number of likely N-dealkylation sites (N-methyl/N-ethyl adjacent to an activating group) is 1. The lowest BCUT2D eigenvalue weighted by Gasteiger charge is -2.29. The molecule has 0 aliphatic carbocycles. The summed E-state index contributed by atoms with van der Waals surface area (Å²) in [5.74, 6) is 0.255. The Morgan fingerprint density at radius 2 is 1.74 bits per heavy atom. The normalized spacial score (nSPS) is 12.0. The van der Waals surface area contributed by atoms with Crippen molar-refractivity contribution in [1.29, 1.82) is 0 Å². The van der Waals surface area contributed by atoms with Crippen LogP contribution >= 0.6 is 0 Å². The summed E-state index contributed by atoms with van der Waals surface area (Å²) < 4.78 is 31.4. The smallest absolute Gasteiger partial charge is 0.242 e. The molecule has 2 amide bonds. The number of para-hydroxylation sites is 1. The molecule has 2 aromatic carbocycles. The van der Waals surface area contributed by atoms with Gasteiger partial charge in [0.1, 0.15) is 11.8 Å². The maximum absolute atomic E-state index is 13.2. The first-order valence-electron chi connectivity index (χ1n) is 11.3. The van der Waals surface area contributed by atoms with Crippen LogP contribution in [0.1, 0.15) is 37.8 Å². The molecule has 2 rings (SSSR count). The molecule has 0 saturated carbocycles. The van der Waals surface area contributed by atoms with Crippen LogP contribution in [-0.2, 0) is 26.2 Å².